The molecule has 2 aromatic rings. The molecule has 0 radical (unpaired) electrons. The summed E-state index contributed by atoms with van der Waals surface area (Å²) in [6, 6.07) is 7.27. The Morgan fingerprint density at radius 1 is 1.39 bits per heavy atom. The Kier molecular flexibility index (Phi) is 4.40. The molecular weight excluding hydrogens is 318 g/mol. The lowest BCUT2D eigenvalue weighted by Gasteiger charge is -2.12. The van der Waals surface area contributed by atoms with Crippen LogP contribution in [0.1, 0.15) is 30.4 Å². The summed E-state index contributed by atoms with van der Waals surface area (Å²) in [7, 11) is 0. The van der Waals surface area contributed by atoms with Crippen LogP contribution in [0.15, 0.2) is 29.3 Å². The Morgan fingerprint density at radius 2 is 2.13 bits per heavy atom. The van der Waals surface area contributed by atoms with Crippen LogP contribution in [-0.2, 0) is 6.54 Å². The normalized spacial score (nSPS) is 15.1. The highest BCUT2D eigenvalue weighted by Crippen LogP contribution is 2.19. The van der Waals surface area contributed by atoms with Gasteiger partial charge >= 0.3 is 0 Å². The molecule has 1 aliphatic heterocycles. The molecule has 0 saturated heterocycles. The second-order valence-corrected chi connectivity index (χ2v) is 5.84. The molecule has 1 unspecified atom stereocenters. The number of carbonyl (C=O) groups is 1. The summed E-state index contributed by atoms with van der Waals surface area (Å²) < 4.78 is 1.21. The van der Waals surface area contributed by atoms with Crippen molar-refractivity contribution in [3.05, 3.63) is 35.1 Å². The second-order valence-electron chi connectivity index (χ2n) is 5.40. The van der Waals surface area contributed by atoms with E-state index in [0.29, 0.717) is 29.5 Å². The fourth-order valence-corrected chi connectivity index (χ4v) is 2.42. The number of aromatic nitrogens is 3. The van der Waals surface area contributed by atoms with Gasteiger partial charge in [-0.1, -0.05) is 11.6 Å². The maximum absolute atomic E-state index is 12.1. The molecule has 0 aliphatic carbocycles. The zero-order chi connectivity index (χ0) is 16.4. The van der Waals surface area contributed by atoms with Gasteiger partial charge in [-0.3, -0.25) is 4.79 Å². The number of rotatable bonds is 5. The molecule has 120 valence electrons. The van der Waals surface area contributed by atoms with Crippen LogP contribution in [0.2, 0.25) is 5.02 Å². The number of fused-ring (bicyclic) bond motifs is 1. The predicted octanol–water partition coefficient (Wildman–Crippen LogP) is 2.43. The van der Waals surface area contributed by atoms with Crippen molar-refractivity contribution in [2.24, 2.45) is 4.99 Å². The molecule has 2 heterocycles. The highest BCUT2D eigenvalue weighted by molar-refractivity contribution is 6.30. The van der Waals surface area contributed by atoms with Crippen LogP contribution >= 0.6 is 11.6 Å². The zero-order valence-corrected chi connectivity index (χ0v) is 13.3. The number of hydrogen-bond donors (Lipinski definition) is 2. The lowest BCUT2D eigenvalue weighted by Crippen LogP contribution is -2.23. The summed E-state index contributed by atoms with van der Waals surface area (Å²) in [5, 5.41) is 17.4. The van der Waals surface area contributed by atoms with Crippen LogP contribution in [0, 0.1) is 0 Å². The van der Waals surface area contributed by atoms with Gasteiger partial charge in [-0.05, 0) is 31.2 Å². The van der Waals surface area contributed by atoms with Crippen LogP contribution in [0.4, 0.5) is 11.6 Å². The van der Waals surface area contributed by atoms with E-state index < -0.39 is 6.10 Å². The number of aliphatic imine (C=N–C) groups is 1. The first-order chi connectivity index (χ1) is 11.0. The van der Waals surface area contributed by atoms with Gasteiger partial charge in [0.1, 0.15) is 0 Å². The van der Waals surface area contributed by atoms with E-state index in [2.05, 4.69) is 20.4 Å². The van der Waals surface area contributed by atoms with Crippen LogP contribution < -0.4 is 5.32 Å². The van der Waals surface area contributed by atoms with E-state index in [1.54, 1.807) is 19.1 Å². The molecule has 1 aliphatic rings. The van der Waals surface area contributed by atoms with E-state index in [-0.39, 0.29) is 18.3 Å². The number of anilines is 1. The van der Waals surface area contributed by atoms with Gasteiger partial charge in [0.2, 0.25) is 0 Å². The Hall–Kier alpha value is -2.25. The molecular formula is C15H16ClN5O2. The molecule has 2 N–H and O–H groups in total. The Bertz CT molecular complexity index is 752. The summed E-state index contributed by atoms with van der Waals surface area (Å²) in [6.45, 7) is 2.03. The smallest absolute Gasteiger partial charge is 0.255 e. The summed E-state index contributed by atoms with van der Waals surface area (Å²) in [6.07, 6.45) is -0.0236. The van der Waals surface area contributed by atoms with Crippen molar-refractivity contribution in [3.8, 4) is 0 Å². The van der Waals surface area contributed by atoms with Gasteiger partial charge in [-0.25, -0.2) is 4.99 Å². The topological polar surface area (TPSA) is 92.4 Å². The molecule has 0 fully saturated rings. The molecule has 0 bridgehead atoms. The first kappa shape index (κ1) is 15.6. The van der Waals surface area contributed by atoms with Crippen molar-refractivity contribution in [2.45, 2.75) is 32.4 Å². The number of halogens is 1. The minimum absolute atomic E-state index is 0.158. The number of benzene rings is 1. The van der Waals surface area contributed by atoms with Crippen LogP contribution in [0.25, 0.3) is 0 Å². The van der Waals surface area contributed by atoms with Crippen molar-refractivity contribution in [1.82, 2.24) is 14.8 Å². The average Bonchev–Trinajstić information content (AvgIpc) is 2.89. The van der Waals surface area contributed by atoms with Crippen LogP contribution in [-0.4, -0.2) is 37.6 Å². The molecule has 7 nitrogen and oxygen atoms in total. The first-order valence-corrected chi connectivity index (χ1v) is 7.62. The number of nitrogens with one attached hydrogen (secondary N) is 1. The lowest BCUT2D eigenvalue weighted by molar-refractivity contribution is 0.0904. The third kappa shape index (κ3) is 3.75. The van der Waals surface area contributed by atoms with Crippen molar-refractivity contribution in [2.75, 3.05) is 5.32 Å². The predicted molar refractivity (Wildman–Crippen MR) is 87.4 cm³/mol. The number of aliphatic hydroxyl groups excluding tert-OH is 1. The number of carbonyl (C=O) groups excluding carboxylic acids is 1. The van der Waals surface area contributed by atoms with Crippen molar-refractivity contribution in [3.63, 3.8) is 0 Å². The lowest BCUT2D eigenvalue weighted by atomic mass is 10.1. The van der Waals surface area contributed by atoms with Gasteiger partial charge < -0.3 is 10.4 Å². The molecule has 23 heavy (non-hydrogen) atoms. The van der Waals surface area contributed by atoms with Crippen LogP contribution in [0.5, 0.6) is 0 Å². The monoisotopic (exact) mass is 333 g/mol. The molecule has 0 spiro atoms. The molecule has 1 aromatic heterocycles. The van der Waals surface area contributed by atoms with Gasteiger partial charge in [0.25, 0.3) is 11.9 Å². The van der Waals surface area contributed by atoms with E-state index in [0.717, 1.165) is 5.69 Å². The maximum atomic E-state index is 12.1. The van der Waals surface area contributed by atoms with Gasteiger partial charge in [0.05, 0.1) is 19.1 Å². The third-order valence-corrected chi connectivity index (χ3v) is 3.56. The highest BCUT2D eigenvalue weighted by Gasteiger charge is 2.23. The van der Waals surface area contributed by atoms with Gasteiger partial charge in [0.15, 0.2) is 5.82 Å². The van der Waals surface area contributed by atoms with Crippen molar-refractivity contribution in [1.29, 1.82) is 0 Å². The largest absolute Gasteiger partial charge is 0.393 e. The van der Waals surface area contributed by atoms with E-state index in [1.807, 2.05) is 12.1 Å². The Morgan fingerprint density at radius 3 is 2.83 bits per heavy atom. The molecule has 1 aromatic carbocycles. The number of nitrogens with zero attached hydrogens (tertiary/aromatic N) is 4. The molecule has 8 heteroatoms. The Balaban J connectivity index is 1.73. The summed E-state index contributed by atoms with van der Waals surface area (Å²) in [4.78, 5) is 20.6. The standard InChI is InChI=1S/C15H16ClN5O2/c1-9(22)6-12-7-14(23)21-15(18-12)19-13(20-21)8-17-11-4-2-10(16)3-5-11/h2-5,9,17,22H,6-8H2,1H3. The molecule has 0 amide bonds. The van der Waals surface area contributed by atoms with E-state index in [9.17, 15) is 9.90 Å². The molecule has 0 saturated carbocycles. The summed E-state index contributed by atoms with van der Waals surface area (Å²) in [5.74, 6) is 0.561. The third-order valence-electron chi connectivity index (χ3n) is 3.31. The first-order valence-electron chi connectivity index (χ1n) is 7.24. The summed E-state index contributed by atoms with van der Waals surface area (Å²) in [5.41, 5.74) is 1.51. The SMILES string of the molecule is CC(O)CC1=Nc2nc(CNc3ccc(Cl)cc3)nn2C(=O)C1. The number of aliphatic hydroxyl groups is 1. The minimum atomic E-state index is -0.540. The molecule has 1 atom stereocenters. The van der Waals surface area contributed by atoms with Gasteiger partial charge in [-0.15, -0.1) is 5.10 Å². The van der Waals surface area contributed by atoms with E-state index in [4.69, 9.17) is 11.6 Å². The average molecular weight is 334 g/mol. The van der Waals surface area contributed by atoms with Crippen molar-refractivity contribution < 1.29 is 9.90 Å². The maximum Gasteiger partial charge on any atom is 0.255 e. The fourth-order valence-electron chi connectivity index (χ4n) is 2.30. The van der Waals surface area contributed by atoms with E-state index in [1.165, 1.54) is 4.68 Å². The van der Waals surface area contributed by atoms with Crippen molar-refractivity contribution >= 4 is 34.9 Å². The Labute approximate surface area is 138 Å². The van der Waals surface area contributed by atoms with Gasteiger partial charge in [-0.2, -0.15) is 9.67 Å². The summed E-state index contributed by atoms with van der Waals surface area (Å²) >= 11 is 5.84. The fraction of sp³-hybridized carbons (Fsp3) is 0.333. The highest BCUT2D eigenvalue weighted by atomic mass is 35.5. The van der Waals surface area contributed by atoms with Crippen LogP contribution in [0.3, 0.4) is 0 Å². The van der Waals surface area contributed by atoms with E-state index >= 15 is 0 Å². The quantitative estimate of drug-likeness (QED) is 0.876. The van der Waals surface area contributed by atoms with Gasteiger partial charge in [0, 0.05) is 22.8 Å². The zero-order valence-electron chi connectivity index (χ0n) is 12.5. The second kappa shape index (κ2) is 6.47. The number of hydrogen-bond acceptors (Lipinski definition) is 6. The minimum Gasteiger partial charge on any atom is -0.393 e. The molecule has 3 rings (SSSR count).